The van der Waals surface area contributed by atoms with Gasteiger partial charge in [-0.1, -0.05) is 32.1 Å². The molecule has 0 spiro atoms. The van der Waals surface area contributed by atoms with Gasteiger partial charge in [-0.05, 0) is 36.7 Å². The topological polar surface area (TPSA) is 101 Å². The van der Waals surface area contributed by atoms with Crippen molar-refractivity contribution in [1.82, 2.24) is 10.9 Å². The highest BCUT2D eigenvalue weighted by Crippen LogP contribution is 2.65. The van der Waals surface area contributed by atoms with Crippen LogP contribution in [-0.2, 0) is 4.79 Å². The number of hydrogen-bond acceptors (Lipinski definition) is 4. The van der Waals surface area contributed by atoms with E-state index < -0.39 is 16.2 Å². The van der Waals surface area contributed by atoms with Crippen molar-refractivity contribution in [2.24, 2.45) is 16.7 Å². The molecule has 2 N–H and O–H groups in total. The Kier molecular flexibility index (Phi) is 3.89. The van der Waals surface area contributed by atoms with Gasteiger partial charge in [-0.15, -0.1) is 0 Å². The Hall–Kier alpha value is -2.70. The third kappa shape index (κ3) is 2.59. The lowest BCUT2D eigenvalue weighted by atomic mass is 9.68. The lowest BCUT2D eigenvalue weighted by Crippen LogP contribution is -2.49. The van der Waals surface area contributed by atoms with Crippen molar-refractivity contribution in [2.45, 2.75) is 33.1 Å². The molecule has 0 aliphatic heterocycles. The molecular formula is C18H21N3O4. The van der Waals surface area contributed by atoms with E-state index in [4.69, 9.17) is 0 Å². The zero-order valence-corrected chi connectivity index (χ0v) is 14.3. The minimum Gasteiger partial charge on any atom is -0.272 e. The Morgan fingerprint density at radius 2 is 2.04 bits per heavy atom. The number of rotatable bonds is 3. The summed E-state index contributed by atoms with van der Waals surface area (Å²) in [5.41, 5.74) is 4.99. The Morgan fingerprint density at radius 1 is 1.32 bits per heavy atom. The first-order valence-electron chi connectivity index (χ1n) is 8.23. The normalized spacial score (nSPS) is 26.3. The van der Waals surface area contributed by atoms with Crippen molar-refractivity contribution in [3.05, 3.63) is 52.1 Å². The predicted octanol–water partition coefficient (Wildman–Crippen LogP) is 2.74. The first-order valence-corrected chi connectivity index (χ1v) is 8.23. The minimum absolute atomic E-state index is 0.0837. The Morgan fingerprint density at radius 3 is 2.64 bits per heavy atom. The predicted molar refractivity (Wildman–Crippen MR) is 91.4 cm³/mol. The SMILES string of the molecule is C=C1C2(C(=O)NNC(=O)c3cccc([N+](=O)[O-])c3)CCC(C2)C1(C)C. The van der Waals surface area contributed by atoms with Crippen LogP contribution in [0.5, 0.6) is 0 Å². The van der Waals surface area contributed by atoms with Gasteiger partial charge >= 0.3 is 0 Å². The van der Waals surface area contributed by atoms with Crippen LogP contribution >= 0.6 is 0 Å². The molecule has 1 aromatic carbocycles. The minimum atomic E-state index is -0.635. The number of non-ortho nitro benzene ring substituents is 1. The standard InChI is InChI=1S/C18H21N3O4/c1-11-17(2,3)13-7-8-18(11,10-13)16(23)20-19-15(22)12-5-4-6-14(9-12)21(24)25/h4-6,9,13H,1,7-8,10H2,2-3H3,(H,19,22)(H,20,23). The number of nitrogens with one attached hydrogen (secondary N) is 2. The number of hydrazine groups is 1. The molecule has 1 aromatic rings. The van der Waals surface area contributed by atoms with Gasteiger partial charge in [0.1, 0.15) is 0 Å². The van der Waals surface area contributed by atoms with E-state index in [2.05, 4.69) is 31.3 Å². The monoisotopic (exact) mass is 343 g/mol. The maximum atomic E-state index is 12.7. The molecule has 2 bridgehead atoms. The summed E-state index contributed by atoms with van der Waals surface area (Å²) in [5.74, 6) is -0.423. The smallest absolute Gasteiger partial charge is 0.270 e. The van der Waals surface area contributed by atoms with Crippen LogP contribution in [0.1, 0.15) is 43.5 Å². The summed E-state index contributed by atoms with van der Waals surface area (Å²) in [6.45, 7) is 8.36. The lowest BCUT2D eigenvalue weighted by Gasteiger charge is -2.37. The summed E-state index contributed by atoms with van der Waals surface area (Å²) < 4.78 is 0. The molecule has 7 nitrogen and oxygen atoms in total. The summed E-state index contributed by atoms with van der Waals surface area (Å²) in [4.78, 5) is 35.1. The number of benzene rings is 1. The van der Waals surface area contributed by atoms with Gasteiger partial charge in [0, 0.05) is 17.7 Å². The van der Waals surface area contributed by atoms with Crippen LogP contribution in [0.2, 0.25) is 0 Å². The van der Waals surface area contributed by atoms with Gasteiger partial charge in [0.25, 0.3) is 11.6 Å². The second kappa shape index (κ2) is 5.68. The van der Waals surface area contributed by atoms with E-state index in [1.54, 1.807) is 0 Å². The number of amides is 2. The molecule has 2 fully saturated rings. The molecule has 7 heteroatoms. The Labute approximate surface area is 145 Å². The van der Waals surface area contributed by atoms with Gasteiger partial charge in [-0.2, -0.15) is 0 Å². The number of carbonyl (C=O) groups is 2. The van der Waals surface area contributed by atoms with Crippen LogP contribution < -0.4 is 10.9 Å². The lowest BCUT2D eigenvalue weighted by molar-refractivity contribution is -0.384. The number of nitrogens with zero attached hydrogens (tertiary/aromatic N) is 1. The van der Waals surface area contributed by atoms with E-state index >= 15 is 0 Å². The van der Waals surface area contributed by atoms with Crippen LogP contribution in [-0.4, -0.2) is 16.7 Å². The van der Waals surface area contributed by atoms with Crippen molar-refractivity contribution >= 4 is 17.5 Å². The second-order valence-electron chi connectivity index (χ2n) is 7.44. The zero-order valence-electron chi connectivity index (χ0n) is 14.3. The van der Waals surface area contributed by atoms with Gasteiger partial charge in [-0.3, -0.25) is 30.6 Å². The largest absolute Gasteiger partial charge is 0.272 e. The number of nitro benzene ring substituents is 1. The molecule has 2 aliphatic rings. The summed E-state index contributed by atoms with van der Waals surface area (Å²) in [6.07, 6.45) is 2.45. The maximum Gasteiger partial charge on any atom is 0.270 e. The van der Waals surface area contributed by atoms with Crippen LogP contribution in [0, 0.1) is 26.9 Å². The molecule has 25 heavy (non-hydrogen) atoms. The van der Waals surface area contributed by atoms with Crippen LogP contribution in [0.25, 0.3) is 0 Å². The number of nitro groups is 1. The average molecular weight is 343 g/mol. The third-order valence-corrected chi connectivity index (χ3v) is 5.93. The first-order chi connectivity index (χ1) is 11.7. The third-order valence-electron chi connectivity index (χ3n) is 5.93. The summed E-state index contributed by atoms with van der Waals surface area (Å²) in [5, 5.41) is 10.8. The van der Waals surface area contributed by atoms with Gasteiger partial charge < -0.3 is 0 Å². The number of carbonyl (C=O) groups excluding carboxylic acids is 2. The van der Waals surface area contributed by atoms with Gasteiger partial charge in [-0.25, -0.2) is 0 Å². The molecule has 2 atom stereocenters. The molecule has 2 aliphatic carbocycles. The zero-order chi connectivity index (χ0) is 18.4. The second-order valence-corrected chi connectivity index (χ2v) is 7.44. The fourth-order valence-electron chi connectivity index (χ4n) is 4.21. The molecule has 2 unspecified atom stereocenters. The van der Waals surface area contributed by atoms with E-state index in [1.807, 2.05) is 0 Å². The Balaban J connectivity index is 1.69. The molecule has 132 valence electrons. The van der Waals surface area contributed by atoms with Crippen molar-refractivity contribution in [2.75, 3.05) is 0 Å². The highest BCUT2D eigenvalue weighted by Gasteiger charge is 2.60. The van der Waals surface area contributed by atoms with E-state index in [-0.39, 0.29) is 22.6 Å². The van der Waals surface area contributed by atoms with Crippen molar-refractivity contribution in [3.63, 3.8) is 0 Å². The summed E-state index contributed by atoms with van der Waals surface area (Å²) in [7, 11) is 0. The molecule has 0 saturated heterocycles. The average Bonchev–Trinajstić information content (AvgIpc) is 3.12. The molecule has 0 heterocycles. The van der Waals surface area contributed by atoms with Gasteiger partial charge in [0.05, 0.1) is 10.3 Å². The van der Waals surface area contributed by atoms with Crippen LogP contribution in [0.3, 0.4) is 0 Å². The van der Waals surface area contributed by atoms with Crippen LogP contribution in [0.15, 0.2) is 36.4 Å². The van der Waals surface area contributed by atoms with E-state index in [9.17, 15) is 19.7 Å². The highest BCUT2D eigenvalue weighted by molar-refractivity contribution is 5.97. The van der Waals surface area contributed by atoms with E-state index in [1.165, 1.54) is 24.3 Å². The molecule has 0 radical (unpaired) electrons. The summed E-state index contributed by atoms with van der Waals surface area (Å²) in [6, 6.07) is 5.35. The Bertz CT molecular complexity index is 786. The van der Waals surface area contributed by atoms with Crippen molar-refractivity contribution in [3.8, 4) is 0 Å². The fourth-order valence-corrected chi connectivity index (χ4v) is 4.21. The van der Waals surface area contributed by atoms with Gasteiger partial charge in [0.2, 0.25) is 5.91 Å². The quantitative estimate of drug-likeness (QED) is 0.500. The molecule has 0 aromatic heterocycles. The molecular weight excluding hydrogens is 322 g/mol. The number of hydrogen-bond donors (Lipinski definition) is 2. The molecule has 3 rings (SSSR count). The first kappa shape index (κ1) is 17.1. The maximum absolute atomic E-state index is 12.7. The van der Waals surface area contributed by atoms with Crippen LogP contribution in [0.4, 0.5) is 5.69 Å². The van der Waals surface area contributed by atoms with E-state index in [0.717, 1.165) is 24.8 Å². The molecule has 2 saturated carbocycles. The van der Waals surface area contributed by atoms with Crippen molar-refractivity contribution in [1.29, 1.82) is 0 Å². The number of fused-ring (bicyclic) bond motifs is 2. The van der Waals surface area contributed by atoms with Gasteiger partial charge in [0.15, 0.2) is 0 Å². The van der Waals surface area contributed by atoms with E-state index in [0.29, 0.717) is 5.92 Å². The van der Waals surface area contributed by atoms with Crippen molar-refractivity contribution < 1.29 is 14.5 Å². The fraction of sp³-hybridized carbons (Fsp3) is 0.444. The molecule has 2 amide bonds. The summed E-state index contributed by atoms with van der Waals surface area (Å²) >= 11 is 0. The highest BCUT2D eigenvalue weighted by atomic mass is 16.6.